The molecule has 11 heteroatoms. The molecule has 8 nitrogen and oxygen atoms in total. The molecular weight excluding hydrogens is 489 g/mol. The third-order valence-corrected chi connectivity index (χ3v) is 6.02. The number of anilines is 1. The minimum Gasteiger partial charge on any atom is -0.494 e. The van der Waals surface area contributed by atoms with E-state index in [-0.39, 0.29) is 0 Å². The minimum atomic E-state index is -3.71. The van der Waals surface area contributed by atoms with Crippen LogP contribution in [0.25, 0.3) is 11.3 Å². The van der Waals surface area contributed by atoms with Gasteiger partial charge in [-0.3, -0.25) is 9.10 Å². The molecule has 1 amide bonds. The van der Waals surface area contributed by atoms with Gasteiger partial charge in [-0.05, 0) is 61.5 Å². The summed E-state index contributed by atoms with van der Waals surface area (Å²) in [4.78, 5) is 12.3. The monoisotopic (exact) mass is 509 g/mol. The highest BCUT2D eigenvalue weighted by molar-refractivity contribution is 7.92. The zero-order valence-electron chi connectivity index (χ0n) is 17.8. The Hall–Kier alpha value is -3.01. The molecule has 3 aromatic rings. The van der Waals surface area contributed by atoms with Crippen molar-refractivity contribution in [3.8, 4) is 17.1 Å². The Morgan fingerprint density at radius 1 is 1.15 bits per heavy atom. The van der Waals surface area contributed by atoms with E-state index in [9.17, 15) is 13.2 Å². The van der Waals surface area contributed by atoms with Crippen LogP contribution in [0, 0.1) is 0 Å². The van der Waals surface area contributed by atoms with Crippen molar-refractivity contribution in [1.29, 1.82) is 0 Å². The van der Waals surface area contributed by atoms with Crippen LogP contribution in [0.4, 0.5) is 5.69 Å². The highest BCUT2D eigenvalue weighted by Crippen LogP contribution is 2.31. The molecule has 0 radical (unpaired) electrons. The van der Waals surface area contributed by atoms with E-state index in [1.807, 2.05) is 6.92 Å². The zero-order chi connectivity index (χ0) is 24.0. The second-order valence-electron chi connectivity index (χ2n) is 6.82. The highest BCUT2D eigenvalue weighted by atomic mass is 35.5. The van der Waals surface area contributed by atoms with Gasteiger partial charge in [-0.15, -0.1) is 0 Å². The summed E-state index contributed by atoms with van der Waals surface area (Å²) < 4.78 is 36.4. The van der Waals surface area contributed by atoms with Crippen molar-refractivity contribution in [2.24, 2.45) is 5.10 Å². The van der Waals surface area contributed by atoms with Gasteiger partial charge in [0.05, 0.1) is 29.8 Å². The summed E-state index contributed by atoms with van der Waals surface area (Å²) in [6.45, 7) is 1.88. The number of hydrogen-bond donors (Lipinski definition) is 1. The Bertz CT molecular complexity index is 1260. The molecule has 0 aliphatic rings. The van der Waals surface area contributed by atoms with Crippen molar-refractivity contribution >= 4 is 51.0 Å². The van der Waals surface area contributed by atoms with Crippen molar-refractivity contribution in [1.82, 2.24) is 5.43 Å². The quantitative estimate of drug-likeness (QED) is 0.336. The van der Waals surface area contributed by atoms with Crippen LogP contribution < -0.4 is 14.5 Å². The number of sulfonamides is 1. The summed E-state index contributed by atoms with van der Waals surface area (Å²) in [5, 5.41) is 4.78. The number of furan rings is 1. The number of nitrogens with zero attached hydrogens (tertiary/aromatic N) is 2. The minimum absolute atomic E-state index is 0.329. The normalized spacial score (nSPS) is 11.5. The third kappa shape index (κ3) is 6.74. The van der Waals surface area contributed by atoms with Gasteiger partial charge in [0.15, 0.2) is 0 Å². The Balaban J connectivity index is 1.65. The van der Waals surface area contributed by atoms with Gasteiger partial charge in [-0.25, -0.2) is 13.8 Å². The van der Waals surface area contributed by atoms with Crippen LogP contribution in [-0.2, 0) is 14.8 Å². The summed E-state index contributed by atoms with van der Waals surface area (Å²) >= 11 is 12.1. The molecule has 0 unspecified atom stereocenters. The number of ether oxygens (including phenoxy) is 1. The molecule has 174 valence electrons. The SMILES string of the molecule is CCOc1ccc(N(CC(=O)N/N=C\c2ccc(-c3ccc(Cl)cc3Cl)o2)S(C)(=O)=O)cc1. The van der Waals surface area contributed by atoms with Crippen LogP contribution >= 0.6 is 23.2 Å². The lowest BCUT2D eigenvalue weighted by atomic mass is 10.2. The Morgan fingerprint density at radius 3 is 2.52 bits per heavy atom. The van der Waals surface area contributed by atoms with Crippen molar-refractivity contribution in [3.05, 3.63) is 70.4 Å². The highest BCUT2D eigenvalue weighted by Gasteiger charge is 2.20. The third-order valence-electron chi connectivity index (χ3n) is 4.33. The van der Waals surface area contributed by atoms with E-state index in [1.165, 1.54) is 6.21 Å². The van der Waals surface area contributed by atoms with Gasteiger partial charge in [-0.2, -0.15) is 5.10 Å². The fourth-order valence-corrected chi connectivity index (χ4v) is 4.22. The van der Waals surface area contributed by atoms with Crippen LogP contribution in [0.5, 0.6) is 5.75 Å². The van der Waals surface area contributed by atoms with E-state index in [2.05, 4.69) is 10.5 Å². The summed E-state index contributed by atoms with van der Waals surface area (Å²) in [5.74, 6) is 0.838. The number of nitrogens with one attached hydrogen (secondary N) is 1. The molecule has 0 aliphatic carbocycles. The molecule has 0 aliphatic heterocycles. The van der Waals surface area contributed by atoms with E-state index in [1.54, 1.807) is 54.6 Å². The number of carbonyl (C=O) groups is 1. The number of amides is 1. The number of hydrazone groups is 1. The van der Waals surface area contributed by atoms with Gasteiger partial charge in [0.25, 0.3) is 5.91 Å². The molecule has 0 atom stereocenters. The van der Waals surface area contributed by atoms with E-state index >= 15 is 0 Å². The standard InChI is InChI=1S/C22H21Cl2N3O5S/c1-3-31-17-7-5-16(6-8-17)27(33(2,29)30)14-22(28)26-25-13-18-9-11-21(32-18)19-10-4-15(23)12-20(19)24/h4-13H,3,14H2,1-2H3,(H,26,28)/b25-13-. The number of halogens is 2. The van der Waals surface area contributed by atoms with E-state index in [0.29, 0.717) is 45.2 Å². The molecule has 0 bridgehead atoms. The van der Waals surface area contributed by atoms with Gasteiger partial charge in [0.2, 0.25) is 10.0 Å². The fraction of sp³-hybridized carbons (Fsp3) is 0.182. The maximum atomic E-state index is 12.3. The van der Waals surface area contributed by atoms with Gasteiger partial charge < -0.3 is 9.15 Å². The maximum absolute atomic E-state index is 12.3. The number of rotatable bonds is 9. The molecule has 1 N–H and O–H groups in total. The first-order chi connectivity index (χ1) is 15.7. The van der Waals surface area contributed by atoms with Gasteiger partial charge >= 0.3 is 0 Å². The molecule has 0 saturated heterocycles. The summed E-state index contributed by atoms with van der Waals surface area (Å²) in [5.41, 5.74) is 3.28. The molecule has 0 fully saturated rings. The predicted octanol–water partition coefficient (Wildman–Crippen LogP) is 4.57. The molecule has 0 spiro atoms. The molecular formula is C22H21Cl2N3O5S. The molecule has 33 heavy (non-hydrogen) atoms. The molecule has 3 rings (SSSR count). The van der Waals surface area contributed by atoms with E-state index < -0.39 is 22.5 Å². The van der Waals surface area contributed by atoms with Crippen LogP contribution in [0.1, 0.15) is 12.7 Å². The number of carbonyl (C=O) groups excluding carboxylic acids is 1. The first-order valence-corrected chi connectivity index (χ1v) is 12.4. The van der Waals surface area contributed by atoms with Crippen molar-refractivity contribution in [2.45, 2.75) is 6.92 Å². The van der Waals surface area contributed by atoms with Crippen LogP contribution in [0.15, 0.2) is 64.1 Å². The Morgan fingerprint density at radius 2 is 1.88 bits per heavy atom. The molecule has 2 aromatic carbocycles. The Labute approximate surface area is 201 Å². The first kappa shape index (κ1) is 24.6. The zero-order valence-corrected chi connectivity index (χ0v) is 20.1. The second kappa shape index (κ2) is 10.7. The lowest BCUT2D eigenvalue weighted by Crippen LogP contribution is -2.39. The summed E-state index contributed by atoms with van der Waals surface area (Å²) in [6.07, 6.45) is 2.32. The molecule has 0 saturated carbocycles. The predicted molar refractivity (Wildman–Crippen MR) is 130 cm³/mol. The van der Waals surface area contributed by atoms with Gasteiger partial charge in [-0.1, -0.05) is 23.2 Å². The van der Waals surface area contributed by atoms with Gasteiger partial charge in [0.1, 0.15) is 23.8 Å². The largest absolute Gasteiger partial charge is 0.494 e. The van der Waals surface area contributed by atoms with Crippen molar-refractivity contribution in [3.63, 3.8) is 0 Å². The topological polar surface area (TPSA) is 101 Å². The van der Waals surface area contributed by atoms with Crippen LogP contribution in [-0.4, -0.2) is 39.9 Å². The summed E-state index contributed by atoms with van der Waals surface area (Å²) in [6, 6.07) is 14.8. The van der Waals surface area contributed by atoms with Crippen molar-refractivity contribution in [2.75, 3.05) is 23.7 Å². The average Bonchev–Trinajstić information content (AvgIpc) is 3.21. The van der Waals surface area contributed by atoms with E-state index in [4.69, 9.17) is 32.4 Å². The smallest absolute Gasteiger partial charge is 0.260 e. The number of hydrogen-bond acceptors (Lipinski definition) is 6. The van der Waals surface area contributed by atoms with Crippen molar-refractivity contribution < 1.29 is 22.4 Å². The lowest BCUT2D eigenvalue weighted by molar-refractivity contribution is -0.119. The van der Waals surface area contributed by atoms with Crippen LogP contribution in [0.2, 0.25) is 10.0 Å². The molecule has 1 heterocycles. The fourth-order valence-electron chi connectivity index (χ4n) is 2.87. The maximum Gasteiger partial charge on any atom is 0.260 e. The van der Waals surface area contributed by atoms with Crippen LogP contribution in [0.3, 0.4) is 0 Å². The van der Waals surface area contributed by atoms with E-state index in [0.717, 1.165) is 10.6 Å². The first-order valence-electron chi connectivity index (χ1n) is 9.75. The Kier molecular flexibility index (Phi) is 8.01. The number of benzene rings is 2. The van der Waals surface area contributed by atoms with Gasteiger partial charge in [0, 0.05) is 10.6 Å². The lowest BCUT2D eigenvalue weighted by Gasteiger charge is -2.21. The molecule has 1 aromatic heterocycles. The average molecular weight is 510 g/mol. The summed E-state index contributed by atoms with van der Waals surface area (Å²) in [7, 11) is -3.71. The second-order valence-corrected chi connectivity index (χ2v) is 9.57.